The minimum absolute atomic E-state index is 0.0278. The highest BCUT2D eigenvalue weighted by Crippen LogP contribution is 2.20. The van der Waals surface area contributed by atoms with Gasteiger partial charge < -0.3 is 10.6 Å². The Morgan fingerprint density at radius 1 is 1.15 bits per heavy atom. The lowest BCUT2D eigenvalue weighted by Crippen LogP contribution is -2.33. The molecule has 0 saturated carbocycles. The molecule has 1 aromatic carbocycles. The Morgan fingerprint density at radius 3 is 2.55 bits per heavy atom. The van der Waals surface area contributed by atoms with Crippen molar-refractivity contribution in [3.8, 4) is 0 Å². The third kappa shape index (κ3) is 5.03. The van der Waals surface area contributed by atoms with Crippen LogP contribution < -0.4 is 10.6 Å². The molecule has 0 fully saturated rings. The maximum atomic E-state index is 11.9. The highest BCUT2D eigenvalue weighted by atomic mass is 16.2. The normalized spacial score (nSPS) is 10.2. The molecule has 0 aromatic heterocycles. The quantitative estimate of drug-likeness (QED) is 0.804. The van der Waals surface area contributed by atoms with Crippen LogP contribution in [-0.4, -0.2) is 18.4 Å². The van der Waals surface area contributed by atoms with Crippen LogP contribution in [0, 0.1) is 6.92 Å². The number of para-hydroxylation sites is 1. The lowest BCUT2D eigenvalue weighted by Gasteiger charge is -2.13. The van der Waals surface area contributed by atoms with Gasteiger partial charge in [-0.05, 0) is 30.9 Å². The molecule has 20 heavy (non-hydrogen) atoms. The first-order chi connectivity index (χ1) is 9.58. The molecule has 0 radical (unpaired) electrons. The molecule has 2 amide bonds. The van der Waals surface area contributed by atoms with Gasteiger partial charge in [-0.2, -0.15) is 0 Å². The van der Waals surface area contributed by atoms with Gasteiger partial charge in [0.05, 0.1) is 6.54 Å². The fraction of sp³-hybridized carbons (Fsp3) is 0.500. The van der Waals surface area contributed by atoms with Gasteiger partial charge in [-0.1, -0.05) is 38.5 Å². The average molecular weight is 276 g/mol. The lowest BCUT2D eigenvalue weighted by atomic mass is 10.1. The van der Waals surface area contributed by atoms with E-state index < -0.39 is 0 Å². The molecule has 4 nitrogen and oxygen atoms in total. The van der Waals surface area contributed by atoms with Crippen LogP contribution in [-0.2, 0) is 16.0 Å². The van der Waals surface area contributed by atoms with Crippen molar-refractivity contribution in [1.29, 1.82) is 0 Å². The van der Waals surface area contributed by atoms with Crippen LogP contribution in [0.5, 0.6) is 0 Å². The zero-order chi connectivity index (χ0) is 15.0. The second-order valence-corrected chi connectivity index (χ2v) is 4.89. The molecule has 0 unspecified atom stereocenters. The number of rotatable bonds is 7. The Balaban J connectivity index is 2.53. The number of carbonyl (C=O) groups is 2. The monoisotopic (exact) mass is 276 g/mol. The van der Waals surface area contributed by atoms with Crippen molar-refractivity contribution in [3.63, 3.8) is 0 Å². The van der Waals surface area contributed by atoms with Gasteiger partial charge in [-0.25, -0.2) is 0 Å². The van der Waals surface area contributed by atoms with E-state index in [1.165, 1.54) is 0 Å². The summed E-state index contributed by atoms with van der Waals surface area (Å²) in [4.78, 5) is 23.3. The van der Waals surface area contributed by atoms with E-state index >= 15 is 0 Å². The van der Waals surface area contributed by atoms with Crippen molar-refractivity contribution >= 4 is 17.5 Å². The zero-order valence-corrected chi connectivity index (χ0v) is 12.6. The molecular formula is C16H24N2O2. The Kier molecular flexibility index (Phi) is 6.77. The summed E-state index contributed by atoms with van der Waals surface area (Å²) in [5, 5.41) is 5.53. The number of aryl methyl sites for hydroxylation is 2. The number of nitrogens with one attached hydrogen (secondary N) is 2. The maximum Gasteiger partial charge on any atom is 0.243 e. The van der Waals surface area contributed by atoms with E-state index in [1.807, 2.05) is 32.0 Å². The summed E-state index contributed by atoms with van der Waals surface area (Å²) in [5.41, 5.74) is 3.01. The number of hydrogen-bond acceptors (Lipinski definition) is 2. The van der Waals surface area contributed by atoms with Crippen LogP contribution in [0.4, 0.5) is 5.69 Å². The first-order valence-corrected chi connectivity index (χ1v) is 7.23. The van der Waals surface area contributed by atoms with Gasteiger partial charge in [0.25, 0.3) is 0 Å². The summed E-state index contributed by atoms with van der Waals surface area (Å²) >= 11 is 0. The first-order valence-electron chi connectivity index (χ1n) is 7.23. The molecule has 1 rings (SSSR count). The van der Waals surface area contributed by atoms with E-state index in [0.29, 0.717) is 6.42 Å². The van der Waals surface area contributed by atoms with E-state index in [0.717, 1.165) is 36.1 Å². The standard InChI is InChI=1S/C16H24N2O2/c1-4-6-10-14(19)17-11-15(20)18-16-12(3)8-7-9-13(16)5-2/h7-9H,4-6,10-11H2,1-3H3,(H,17,19)(H,18,20). The summed E-state index contributed by atoms with van der Waals surface area (Å²) in [5.74, 6) is -0.249. The Labute approximate surface area is 121 Å². The van der Waals surface area contributed by atoms with Gasteiger partial charge in [0.2, 0.25) is 11.8 Å². The van der Waals surface area contributed by atoms with Crippen molar-refractivity contribution in [2.24, 2.45) is 0 Å². The van der Waals surface area contributed by atoms with Crippen molar-refractivity contribution < 1.29 is 9.59 Å². The highest BCUT2D eigenvalue weighted by Gasteiger charge is 2.09. The minimum Gasteiger partial charge on any atom is -0.347 e. The molecule has 0 heterocycles. The Bertz CT molecular complexity index is 470. The topological polar surface area (TPSA) is 58.2 Å². The van der Waals surface area contributed by atoms with Crippen LogP contribution in [0.2, 0.25) is 0 Å². The van der Waals surface area contributed by atoms with E-state index in [-0.39, 0.29) is 18.4 Å². The van der Waals surface area contributed by atoms with Gasteiger partial charge in [0, 0.05) is 12.1 Å². The van der Waals surface area contributed by atoms with Gasteiger partial charge in [0.1, 0.15) is 0 Å². The van der Waals surface area contributed by atoms with E-state index in [4.69, 9.17) is 0 Å². The molecule has 0 aliphatic carbocycles. The van der Waals surface area contributed by atoms with Gasteiger partial charge in [-0.15, -0.1) is 0 Å². The Hall–Kier alpha value is -1.84. The first kappa shape index (κ1) is 16.2. The average Bonchev–Trinajstić information content (AvgIpc) is 2.45. The summed E-state index contributed by atoms with van der Waals surface area (Å²) in [7, 11) is 0. The molecule has 0 aliphatic rings. The van der Waals surface area contributed by atoms with Crippen LogP contribution in [0.1, 0.15) is 44.2 Å². The maximum absolute atomic E-state index is 11.9. The second kappa shape index (κ2) is 8.35. The highest BCUT2D eigenvalue weighted by molar-refractivity contribution is 5.95. The molecule has 0 spiro atoms. The number of unbranched alkanes of at least 4 members (excludes halogenated alkanes) is 1. The van der Waals surface area contributed by atoms with Gasteiger partial charge >= 0.3 is 0 Å². The van der Waals surface area contributed by atoms with E-state index in [1.54, 1.807) is 0 Å². The fourth-order valence-corrected chi connectivity index (χ4v) is 1.99. The number of carbonyl (C=O) groups excluding carboxylic acids is 2. The van der Waals surface area contributed by atoms with Crippen LogP contribution in [0.15, 0.2) is 18.2 Å². The molecule has 0 atom stereocenters. The van der Waals surface area contributed by atoms with Crippen molar-refractivity contribution in [2.45, 2.75) is 46.5 Å². The number of anilines is 1. The minimum atomic E-state index is -0.182. The molecule has 4 heteroatoms. The fourth-order valence-electron chi connectivity index (χ4n) is 1.99. The zero-order valence-electron chi connectivity index (χ0n) is 12.6. The van der Waals surface area contributed by atoms with Crippen molar-refractivity contribution in [3.05, 3.63) is 29.3 Å². The lowest BCUT2D eigenvalue weighted by molar-refractivity contribution is -0.124. The number of amides is 2. The van der Waals surface area contributed by atoms with E-state index in [9.17, 15) is 9.59 Å². The van der Waals surface area contributed by atoms with Crippen LogP contribution in [0.25, 0.3) is 0 Å². The molecule has 110 valence electrons. The largest absolute Gasteiger partial charge is 0.347 e. The molecular weight excluding hydrogens is 252 g/mol. The third-order valence-electron chi connectivity index (χ3n) is 3.21. The number of benzene rings is 1. The molecule has 0 aliphatic heterocycles. The molecule has 0 saturated heterocycles. The van der Waals surface area contributed by atoms with Crippen molar-refractivity contribution in [1.82, 2.24) is 5.32 Å². The summed E-state index contributed by atoms with van der Waals surface area (Å²) in [6.45, 7) is 6.08. The molecule has 0 bridgehead atoms. The predicted molar refractivity (Wildman–Crippen MR) is 81.7 cm³/mol. The SMILES string of the molecule is CCCCC(=O)NCC(=O)Nc1c(C)cccc1CC. The third-order valence-corrected chi connectivity index (χ3v) is 3.21. The van der Waals surface area contributed by atoms with Crippen molar-refractivity contribution in [2.75, 3.05) is 11.9 Å². The molecule has 1 aromatic rings. The smallest absolute Gasteiger partial charge is 0.243 e. The Morgan fingerprint density at radius 2 is 1.90 bits per heavy atom. The van der Waals surface area contributed by atoms with Crippen LogP contribution in [0.3, 0.4) is 0 Å². The summed E-state index contributed by atoms with van der Waals surface area (Å²) < 4.78 is 0. The summed E-state index contributed by atoms with van der Waals surface area (Å²) in [6, 6.07) is 5.95. The van der Waals surface area contributed by atoms with E-state index in [2.05, 4.69) is 17.6 Å². The molecule has 2 N–H and O–H groups in total. The summed E-state index contributed by atoms with van der Waals surface area (Å²) in [6.07, 6.45) is 3.17. The predicted octanol–water partition coefficient (Wildman–Crippen LogP) is 2.80. The van der Waals surface area contributed by atoms with Gasteiger partial charge in [0.15, 0.2) is 0 Å². The van der Waals surface area contributed by atoms with Crippen LogP contribution >= 0.6 is 0 Å². The van der Waals surface area contributed by atoms with Gasteiger partial charge in [-0.3, -0.25) is 9.59 Å². The second-order valence-electron chi connectivity index (χ2n) is 4.89. The number of hydrogen-bond donors (Lipinski definition) is 2.